The number of benzene rings is 1. The van der Waals surface area contributed by atoms with Crippen LogP contribution in [0.3, 0.4) is 0 Å². The molecule has 0 fully saturated rings. The molecule has 0 aliphatic rings. The zero-order chi connectivity index (χ0) is 10.8. The topological polar surface area (TPSA) is 50.4 Å². The largest absolute Gasteiger partial charge is 0.472 e. The molecule has 1 aromatic carbocycles. The standard InChI is InChI=1S/C12H8O3/c1-8-2-4-11-9(6-8)7-10(15-11)3-5-12(13)14/h2,4,6-7H,1H3,(H,13,14). The average Bonchev–Trinajstić information content (AvgIpc) is 2.56. The number of hydrogen-bond donors (Lipinski definition) is 1. The van der Waals surface area contributed by atoms with E-state index >= 15 is 0 Å². The quantitative estimate of drug-likeness (QED) is 0.663. The molecule has 2 rings (SSSR count). The van der Waals surface area contributed by atoms with E-state index in [-0.39, 0.29) is 0 Å². The molecule has 1 N–H and O–H groups in total. The van der Waals surface area contributed by atoms with Crippen molar-refractivity contribution in [1.82, 2.24) is 0 Å². The van der Waals surface area contributed by atoms with Gasteiger partial charge in [0.1, 0.15) is 5.58 Å². The maximum atomic E-state index is 10.2. The first kappa shape index (κ1) is 9.35. The number of carboxylic acids is 1. The van der Waals surface area contributed by atoms with Crippen LogP contribution in [0.4, 0.5) is 0 Å². The molecule has 15 heavy (non-hydrogen) atoms. The van der Waals surface area contributed by atoms with Crippen molar-refractivity contribution in [3.8, 4) is 11.8 Å². The Morgan fingerprint density at radius 1 is 1.40 bits per heavy atom. The lowest BCUT2D eigenvalue weighted by Crippen LogP contribution is -1.86. The number of rotatable bonds is 0. The van der Waals surface area contributed by atoms with Gasteiger partial charge in [-0.15, -0.1) is 0 Å². The number of fused-ring (bicyclic) bond motifs is 1. The summed E-state index contributed by atoms with van der Waals surface area (Å²) in [6, 6.07) is 7.47. The maximum absolute atomic E-state index is 10.2. The second-order valence-electron chi connectivity index (χ2n) is 3.21. The molecule has 2 aromatic rings. The third-order valence-electron chi connectivity index (χ3n) is 1.96. The molecule has 0 amide bonds. The molecular weight excluding hydrogens is 192 g/mol. The zero-order valence-corrected chi connectivity index (χ0v) is 8.07. The van der Waals surface area contributed by atoms with Gasteiger partial charge in [-0.25, -0.2) is 4.79 Å². The fourth-order valence-electron chi connectivity index (χ4n) is 1.34. The zero-order valence-electron chi connectivity index (χ0n) is 8.07. The molecule has 0 saturated heterocycles. The Bertz CT molecular complexity index is 582. The van der Waals surface area contributed by atoms with Gasteiger partial charge in [0.2, 0.25) is 0 Å². The highest BCUT2D eigenvalue weighted by molar-refractivity contribution is 5.87. The second kappa shape index (κ2) is 3.50. The van der Waals surface area contributed by atoms with Crippen molar-refractivity contribution in [3.05, 3.63) is 35.6 Å². The summed E-state index contributed by atoms with van der Waals surface area (Å²) >= 11 is 0. The minimum atomic E-state index is -1.16. The van der Waals surface area contributed by atoms with Gasteiger partial charge in [-0.2, -0.15) is 0 Å². The van der Waals surface area contributed by atoms with E-state index in [2.05, 4.69) is 5.92 Å². The van der Waals surface area contributed by atoms with Crippen LogP contribution in [0.1, 0.15) is 11.3 Å². The van der Waals surface area contributed by atoms with Crippen LogP contribution in [-0.4, -0.2) is 11.1 Å². The highest BCUT2D eigenvalue weighted by atomic mass is 16.4. The SMILES string of the molecule is Cc1ccc2oc(C#CC(=O)O)cc2c1. The summed E-state index contributed by atoms with van der Waals surface area (Å²) < 4.78 is 5.34. The summed E-state index contributed by atoms with van der Waals surface area (Å²) in [5.74, 6) is 3.66. The van der Waals surface area contributed by atoms with Crippen molar-refractivity contribution in [3.63, 3.8) is 0 Å². The van der Waals surface area contributed by atoms with E-state index in [0.29, 0.717) is 5.76 Å². The van der Waals surface area contributed by atoms with E-state index in [0.717, 1.165) is 16.5 Å². The van der Waals surface area contributed by atoms with Crippen molar-refractivity contribution in [2.75, 3.05) is 0 Å². The fraction of sp³-hybridized carbons (Fsp3) is 0.0833. The van der Waals surface area contributed by atoms with Crippen LogP contribution in [0.2, 0.25) is 0 Å². The minimum absolute atomic E-state index is 0.373. The van der Waals surface area contributed by atoms with Crippen LogP contribution < -0.4 is 0 Å². The van der Waals surface area contributed by atoms with Gasteiger partial charge < -0.3 is 9.52 Å². The third-order valence-corrected chi connectivity index (χ3v) is 1.96. The van der Waals surface area contributed by atoms with Crippen molar-refractivity contribution in [2.45, 2.75) is 6.92 Å². The molecule has 3 nitrogen and oxygen atoms in total. The predicted octanol–water partition coefficient (Wildman–Crippen LogP) is 2.18. The average molecular weight is 200 g/mol. The molecule has 0 saturated carbocycles. The molecule has 0 unspecified atom stereocenters. The number of furan rings is 1. The van der Waals surface area contributed by atoms with Crippen LogP contribution in [-0.2, 0) is 4.79 Å². The first-order chi connectivity index (χ1) is 7.15. The summed E-state index contributed by atoms with van der Waals surface area (Å²) in [5.41, 5.74) is 1.84. The van der Waals surface area contributed by atoms with Gasteiger partial charge in [-0.05, 0) is 25.0 Å². The lowest BCUT2D eigenvalue weighted by molar-refractivity contribution is -0.130. The highest BCUT2D eigenvalue weighted by Gasteiger charge is 2.01. The number of carbonyl (C=O) groups is 1. The Morgan fingerprint density at radius 3 is 2.93 bits per heavy atom. The van der Waals surface area contributed by atoms with Crippen LogP contribution in [0.15, 0.2) is 28.7 Å². The molecule has 0 aliphatic heterocycles. The van der Waals surface area contributed by atoms with E-state index < -0.39 is 5.97 Å². The number of carboxylic acid groups (broad SMARTS) is 1. The van der Waals surface area contributed by atoms with E-state index in [9.17, 15) is 4.79 Å². The summed E-state index contributed by atoms with van der Waals surface area (Å²) in [6.07, 6.45) is 0. The van der Waals surface area contributed by atoms with E-state index in [1.54, 1.807) is 6.07 Å². The normalized spacial score (nSPS) is 9.67. The highest BCUT2D eigenvalue weighted by Crippen LogP contribution is 2.19. The Balaban J connectivity index is 2.49. The smallest absolute Gasteiger partial charge is 0.382 e. The molecule has 0 aliphatic carbocycles. The van der Waals surface area contributed by atoms with Gasteiger partial charge in [0, 0.05) is 17.4 Å². The Kier molecular flexibility index (Phi) is 2.18. The molecule has 0 radical (unpaired) electrons. The van der Waals surface area contributed by atoms with Crippen molar-refractivity contribution in [1.29, 1.82) is 0 Å². The van der Waals surface area contributed by atoms with Crippen molar-refractivity contribution in [2.24, 2.45) is 0 Å². The van der Waals surface area contributed by atoms with E-state index in [4.69, 9.17) is 9.52 Å². The Morgan fingerprint density at radius 2 is 2.20 bits per heavy atom. The van der Waals surface area contributed by atoms with Gasteiger partial charge in [-0.3, -0.25) is 0 Å². The first-order valence-corrected chi connectivity index (χ1v) is 4.40. The molecule has 0 atom stereocenters. The Labute approximate surface area is 86.3 Å². The van der Waals surface area contributed by atoms with Crippen LogP contribution in [0, 0.1) is 18.8 Å². The van der Waals surface area contributed by atoms with E-state index in [1.165, 1.54) is 0 Å². The molecular formula is C12H8O3. The summed E-state index contributed by atoms with van der Waals surface area (Å²) in [4.78, 5) is 10.2. The minimum Gasteiger partial charge on any atom is -0.472 e. The van der Waals surface area contributed by atoms with E-state index in [1.807, 2.05) is 31.0 Å². The van der Waals surface area contributed by atoms with Crippen LogP contribution in [0.25, 0.3) is 11.0 Å². The predicted molar refractivity (Wildman–Crippen MR) is 55.5 cm³/mol. The lowest BCUT2D eigenvalue weighted by atomic mass is 10.2. The Hall–Kier alpha value is -2.21. The summed E-state index contributed by atoms with van der Waals surface area (Å²) in [6.45, 7) is 1.98. The molecule has 1 heterocycles. The van der Waals surface area contributed by atoms with Gasteiger partial charge in [0.25, 0.3) is 0 Å². The molecule has 1 aromatic heterocycles. The number of hydrogen-bond acceptors (Lipinski definition) is 2. The second-order valence-corrected chi connectivity index (χ2v) is 3.21. The summed E-state index contributed by atoms with van der Waals surface area (Å²) in [7, 11) is 0. The van der Waals surface area contributed by atoms with Gasteiger partial charge in [-0.1, -0.05) is 11.6 Å². The van der Waals surface area contributed by atoms with Gasteiger partial charge in [0.15, 0.2) is 5.76 Å². The molecule has 74 valence electrons. The third kappa shape index (κ3) is 2.00. The lowest BCUT2D eigenvalue weighted by Gasteiger charge is -1.89. The molecule has 3 heteroatoms. The maximum Gasteiger partial charge on any atom is 0.382 e. The van der Waals surface area contributed by atoms with Crippen molar-refractivity contribution >= 4 is 16.9 Å². The van der Waals surface area contributed by atoms with Crippen LogP contribution >= 0.6 is 0 Å². The van der Waals surface area contributed by atoms with Gasteiger partial charge in [0.05, 0.1) is 0 Å². The van der Waals surface area contributed by atoms with Crippen molar-refractivity contribution < 1.29 is 14.3 Å². The van der Waals surface area contributed by atoms with Gasteiger partial charge >= 0.3 is 5.97 Å². The first-order valence-electron chi connectivity index (χ1n) is 4.40. The number of aryl methyl sites for hydroxylation is 1. The number of aliphatic carboxylic acids is 1. The van der Waals surface area contributed by atoms with Crippen LogP contribution in [0.5, 0.6) is 0 Å². The fourth-order valence-corrected chi connectivity index (χ4v) is 1.34. The monoisotopic (exact) mass is 200 g/mol. The summed E-state index contributed by atoms with van der Waals surface area (Å²) in [5, 5.41) is 9.31. The molecule has 0 bridgehead atoms. The molecule has 0 spiro atoms.